The van der Waals surface area contributed by atoms with Gasteiger partial charge in [-0.2, -0.15) is 0 Å². The molecule has 0 fully saturated rings. The summed E-state index contributed by atoms with van der Waals surface area (Å²) in [6, 6.07) is 18.3. The van der Waals surface area contributed by atoms with Crippen molar-refractivity contribution in [3.05, 3.63) is 83.7 Å². The number of benzene rings is 2. The molecule has 2 heterocycles. The van der Waals surface area contributed by atoms with Crippen LogP contribution in [0.3, 0.4) is 0 Å². The Morgan fingerprint density at radius 1 is 1.15 bits per heavy atom. The number of pyridine rings is 1. The molecule has 0 spiro atoms. The summed E-state index contributed by atoms with van der Waals surface area (Å²) in [6.45, 7) is 5.80. The van der Waals surface area contributed by atoms with Crippen molar-refractivity contribution in [1.29, 1.82) is 0 Å². The minimum Gasteiger partial charge on any atom is -0.598 e. The van der Waals surface area contributed by atoms with Gasteiger partial charge in [-0.25, -0.2) is 0 Å². The van der Waals surface area contributed by atoms with Gasteiger partial charge in [-0.15, -0.1) is 4.72 Å². The molecule has 0 saturated heterocycles. The number of nitrogens with two attached hydrogens (primary N) is 1. The first-order chi connectivity index (χ1) is 15.7. The van der Waals surface area contributed by atoms with Crippen LogP contribution < -0.4 is 10.5 Å². The second-order valence-electron chi connectivity index (χ2n) is 8.77. The van der Waals surface area contributed by atoms with Crippen LogP contribution in [0.25, 0.3) is 22.2 Å². The number of carbonyl (C=O) groups excluding carboxylic acids is 1. The van der Waals surface area contributed by atoms with E-state index in [1.54, 1.807) is 24.4 Å². The first kappa shape index (κ1) is 23.0. The Labute approximate surface area is 195 Å². The molecule has 2 atom stereocenters. The molecule has 0 saturated carbocycles. The number of aromatic nitrogens is 2. The second-order valence-corrected chi connectivity index (χ2v) is 10.8. The fraction of sp³-hybridized carbons (Fsp3) is 0.240. The first-order valence-corrected chi connectivity index (χ1v) is 11.8. The summed E-state index contributed by atoms with van der Waals surface area (Å²) in [6.07, 6.45) is 2.29. The number of fused-ring (bicyclic) bond motifs is 1. The predicted octanol–water partition coefficient (Wildman–Crippen LogP) is 4.32. The molecular formula is C25H26N4O3S. The van der Waals surface area contributed by atoms with E-state index in [1.165, 1.54) is 0 Å². The van der Waals surface area contributed by atoms with E-state index >= 15 is 0 Å². The molecule has 8 heteroatoms. The SMILES string of the molecule is CC(C)(C)[S+]([O-])N[C@@H](Cc1ccccn1)c1ccccc1-c1noc2cc(C(N)=O)ccc12. The molecule has 2 aromatic carbocycles. The first-order valence-electron chi connectivity index (χ1n) is 10.6. The molecule has 1 amide bonds. The molecule has 0 aliphatic heterocycles. The molecular weight excluding hydrogens is 436 g/mol. The lowest BCUT2D eigenvalue weighted by Gasteiger charge is -2.29. The molecule has 0 aliphatic carbocycles. The van der Waals surface area contributed by atoms with Crippen molar-refractivity contribution >= 4 is 28.2 Å². The third-order valence-corrected chi connectivity index (χ3v) is 6.90. The van der Waals surface area contributed by atoms with Gasteiger partial charge in [0.15, 0.2) is 5.58 Å². The lowest BCUT2D eigenvalue weighted by atomic mass is 9.94. The van der Waals surface area contributed by atoms with Crippen LogP contribution in [-0.2, 0) is 17.8 Å². The van der Waals surface area contributed by atoms with Gasteiger partial charge < -0.3 is 14.8 Å². The molecule has 4 aromatic rings. The minimum atomic E-state index is -1.31. The van der Waals surface area contributed by atoms with Gasteiger partial charge in [0.1, 0.15) is 10.4 Å². The zero-order valence-corrected chi connectivity index (χ0v) is 19.6. The third-order valence-electron chi connectivity index (χ3n) is 5.29. The van der Waals surface area contributed by atoms with E-state index in [2.05, 4.69) is 14.9 Å². The predicted molar refractivity (Wildman–Crippen MR) is 130 cm³/mol. The maximum absolute atomic E-state index is 13.1. The van der Waals surface area contributed by atoms with E-state index in [4.69, 9.17) is 10.3 Å². The van der Waals surface area contributed by atoms with Crippen LogP contribution in [-0.4, -0.2) is 25.3 Å². The van der Waals surface area contributed by atoms with Crippen LogP contribution in [0.2, 0.25) is 0 Å². The van der Waals surface area contributed by atoms with E-state index in [0.717, 1.165) is 22.2 Å². The highest BCUT2D eigenvalue weighted by Gasteiger charge is 2.31. The van der Waals surface area contributed by atoms with Crippen LogP contribution in [0.15, 0.2) is 71.4 Å². The van der Waals surface area contributed by atoms with Gasteiger partial charge in [0.05, 0.1) is 6.04 Å². The van der Waals surface area contributed by atoms with Crippen molar-refractivity contribution in [2.75, 3.05) is 0 Å². The Morgan fingerprint density at radius 2 is 1.91 bits per heavy atom. The van der Waals surface area contributed by atoms with Gasteiger partial charge in [0.25, 0.3) is 0 Å². The quantitative estimate of drug-likeness (QED) is 0.395. The molecule has 33 heavy (non-hydrogen) atoms. The van der Waals surface area contributed by atoms with Gasteiger partial charge in [-0.3, -0.25) is 9.78 Å². The van der Waals surface area contributed by atoms with Crippen LogP contribution in [0.5, 0.6) is 0 Å². The van der Waals surface area contributed by atoms with Crippen molar-refractivity contribution in [3.63, 3.8) is 0 Å². The number of nitrogens with zero attached hydrogens (tertiary/aromatic N) is 2. The van der Waals surface area contributed by atoms with Crippen LogP contribution in [0.1, 0.15) is 48.4 Å². The molecule has 0 radical (unpaired) electrons. The number of primary amides is 1. The monoisotopic (exact) mass is 462 g/mol. The van der Waals surface area contributed by atoms with Crippen molar-refractivity contribution in [2.24, 2.45) is 5.73 Å². The minimum absolute atomic E-state index is 0.284. The zero-order valence-electron chi connectivity index (χ0n) is 18.7. The standard InChI is InChI=1S/C25H26N4O3S/c1-25(2,3)33(31)29-21(15-17-8-6-7-13-27-17)18-9-4-5-10-19(18)23-20-12-11-16(24(26)30)14-22(20)32-28-23/h4-14,21,29H,15H2,1-3H3,(H2,26,30)/t21-,33?/m0/s1. The van der Waals surface area contributed by atoms with Gasteiger partial charge in [0, 0.05) is 46.2 Å². The molecule has 3 N–H and O–H groups in total. The molecule has 4 rings (SSSR count). The highest BCUT2D eigenvalue weighted by atomic mass is 32.2. The molecule has 0 bridgehead atoms. The van der Waals surface area contributed by atoms with Crippen LogP contribution in [0.4, 0.5) is 0 Å². The summed E-state index contributed by atoms with van der Waals surface area (Å²) >= 11 is -1.31. The average molecular weight is 463 g/mol. The number of carbonyl (C=O) groups is 1. The topological polar surface area (TPSA) is 117 Å². The van der Waals surface area contributed by atoms with Crippen molar-refractivity contribution in [3.8, 4) is 11.3 Å². The lowest BCUT2D eigenvalue weighted by Crippen LogP contribution is -2.42. The van der Waals surface area contributed by atoms with E-state index in [0.29, 0.717) is 23.3 Å². The van der Waals surface area contributed by atoms with Gasteiger partial charge in [0.2, 0.25) is 5.91 Å². The second kappa shape index (κ2) is 9.35. The van der Waals surface area contributed by atoms with E-state index in [1.807, 2.05) is 63.2 Å². The lowest BCUT2D eigenvalue weighted by molar-refractivity contribution is 0.1000. The van der Waals surface area contributed by atoms with Crippen molar-refractivity contribution in [2.45, 2.75) is 38.0 Å². The fourth-order valence-corrected chi connectivity index (χ4v) is 4.37. The van der Waals surface area contributed by atoms with Crippen molar-refractivity contribution in [1.82, 2.24) is 14.9 Å². The van der Waals surface area contributed by atoms with Crippen molar-refractivity contribution < 1.29 is 13.9 Å². The van der Waals surface area contributed by atoms with E-state index in [9.17, 15) is 9.35 Å². The van der Waals surface area contributed by atoms with E-state index in [-0.39, 0.29) is 6.04 Å². The summed E-state index contributed by atoms with van der Waals surface area (Å²) in [5, 5.41) is 5.06. The number of nitrogens with one attached hydrogen (secondary N) is 1. The highest BCUT2D eigenvalue weighted by molar-refractivity contribution is 7.90. The number of hydrogen-bond donors (Lipinski definition) is 2. The number of hydrogen-bond acceptors (Lipinski definition) is 6. The summed E-state index contributed by atoms with van der Waals surface area (Å²) in [7, 11) is 0. The maximum atomic E-state index is 13.1. The number of amides is 1. The summed E-state index contributed by atoms with van der Waals surface area (Å²) < 4.78 is 21.5. The summed E-state index contributed by atoms with van der Waals surface area (Å²) in [4.78, 5) is 16.0. The normalized spacial score (nSPS) is 13.7. The van der Waals surface area contributed by atoms with Gasteiger partial charge >= 0.3 is 0 Å². The Morgan fingerprint density at radius 3 is 2.61 bits per heavy atom. The number of rotatable bonds is 7. The summed E-state index contributed by atoms with van der Waals surface area (Å²) in [5.41, 5.74) is 9.53. The highest BCUT2D eigenvalue weighted by Crippen LogP contribution is 2.35. The molecule has 0 aliphatic rings. The van der Waals surface area contributed by atoms with E-state index < -0.39 is 22.0 Å². The van der Waals surface area contributed by atoms with Crippen LogP contribution in [0, 0.1) is 0 Å². The van der Waals surface area contributed by atoms with Gasteiger partial charge in [-0.05, 0) is 56.7 Å². The van der Waals surface area contributed by atoms with Gasteiger partial charge in [-0.1, -0.05) is 35.5 Å². The zero-order chi connectivity index (χ0) is 23.6. The Bertz CT molecular complexity index is 1270. The Kier molecular flexibility index (Phi) is 6.51. The molecule has 7 nitrogen and oxygen atoms in total. The molecule has 1 unspecified atom stereocenters. The molecule has 2 aromatic heterocycles. The third kappa shape index (κ3) is 5.08. The molecule has 170 valence electrons. The average Bonchev–Trinajstić information content (AvgIpc) is 3.22. The maximum Gasteiger partial charge on any atom is 0.248 e. The Balaban J connectivity index is 1.79. The smallest absolute Gasteiger partial charge is 0.248 e. The van der Waals surface area contributed by atoms with Crippen LogP contribution >= 0.6 is 0 Å². The Hall–Kier alpha value is -3.20. The summed E-state index contributed by atoms with van der Waals surface area (Å²) in [5.74, 6) is -0.528. The fourth-order valence-electron chi connectivity index (χ4n) is 3.55. The largest absolute Gasteiger partial charge is 0.598 e.